The van der Waals surface area contributed by atoms with E-state index in [1.807, 2.05) is 12.1 Å². The first-order chi connectivity index (χ1) is 8.61. The summed E-state index contributed by atoms with van der Waals surface area (Å²) in [6.45, 7) is 4.39. The highest BCUT2D eigenvalue weighted by Gasteiger charge is 2.00. The van der Waals surface area contributed by atoms with E-state index in [0.29, 0.717) is 10.0 Å². The molecule has 0 fully saturated rings. The summed E-state index contributed by atoms with van der Waals surface area (Å²) in [6, 6.07) is 5.59. The number of hydrogen-bond acceptors (Lipinski definition) is 3. The molecule has 0 amide bonds. The predicted octanol–water partition coefficient (Wildman–Crippen LogP) is 2.66. The Bertz CT molecular complexity index is 341. The zero-order valence-electron chi connectivity index (χ0n) is 10.9. The van der Waals surface area contributed by atoms with Gasteiger partial charge in [-0.3, -0.25) is 0 Å². The molecule has 1 N–H and O–H groups in total. The molecule has 0 heterocycles. The number of halogens is 2. The fourth-order valence-electron chi connectivity index (χ4n) is 1.57. The smallest absolute Gasteiger partial charge is 0.0589 e. The van der Waals surface area contributed by atoms with Gasteiger partial charge >= 0.3 is 0 Å². The first-order valence-electron chi connectivity index (χ1n) is 5.95. The monoisotopic (exact) mass is 290 g/mol. The molecule has 0 spiro atoms. The second-order valence-corrected chi connectivity index (χ2v) is 5.12. The molecule has 0 aliphatic rings. The Morgan fingerprint density at radius 2 is 1.83 bits per heavy atom. The molecule has 0 saturated carbocycles. The summed E-state index contributed by atoms with van der Waals surface area (Å²) in [7, 11) is 3.80. The van der Waals surface area contributed by atoms with Crippen molar-refractivity contribution in [2.24, 2.45) is 0 Å². The zero-order chi connectivity index (χ0) is 13.4. The van der Waals surface area contributed by atoms with Crippen molar-refractivity contribution in [1.29, 1.82) is 0 Å². The van der Waals surface area contributed by atoms with E-state index in [4.69, 9.17) is 27.9 Å². The van der Waals surface area contributed by atoms with Gasteiger partial charge in [-0.2, -0.15) is 0 Å². The topological polar surface area (TPSA) is 24.5 Å². The molecule has 18 heavy (non-hydrogen) atoms. The summed E-state index contributed by atoms with van der Waals surface area (Å²) >= 11 is 11.9. The van der Waals surface area contributed by atoms with Gasteiger partial charge in [0.1, 0.15) is 0 Å². The lowest BCUT2D eigenvalue weighted by molar-refractivity contribution is 0.161. The third kappa shape index (κ3) is 6.57. The number of ether oxygens (including phenoxy) is 1. The van der Waals surface area contributed by atoms with Gasteiger partial charge in [-0.25, -0.2) is 0 Å². The van der Waals surface area contributed by atoms with Crippen molar-refractivity contribution in [3.63, 3.8) is 0 Å². The second-order valence-electron chi connectivity index (χ2n) is 4.25. The Morgan fingerprint density at radius 1 is 1.17 bits per heavy atom. The van der Waals surface area contributed by atoms with Gasteiger partial charge in [-0.15, -0.1) is 0 Å². The Balaban J connectivity index is 2.21. The molecule has 1 aromatic carbocycles. The summed E-state index contributed by atoms with van der Waals surface area (Å²) in [5.41, 5.74) is 1.10. The fourth-order valence-corrected chi connectivity index (χ4v) is 2.15. The van der Waals surface area contributed by atoms with Crippen LogP contribution in [0.15, 0.2) is 18.2 Å². The molecule has 3 nitrogen and oxygen atoms in total. The van der Waals surface area contributed by atoms with Crippen LogP contribution >= 0.6 is 23.2 Å². The minimum atomic E-state index is 0.677. The van der Waals surface area contributed by atoms with Crippen molar-refractivity contribution < 1.29 is 4.74 Å². The molecule has 1 aromatic rings. The lowest BCUT2D eigenvalue weighted by Crippen LogP contribution is -2.31. The zero-order valence-corrected chi connectivity index (χ0v) is 12.4. The lowest BCUT2D eigenvalue weighted by Gasteiger charge is -2.16. The maximum Gasteiger partial charge on any atom is 0.0589 e. The van der Waals surface area contributed by atoms with Crippen LogP contribution in [0, 0.1) is 0 Å². The van der Waals surface area contributed by atoms with Gasteiger partial charge in [0, 0.05) is 43.3 Å². The van der Waals surface area contributed by atoms with Crippen molar-refractivity contribution in [3.05, 3.63) is 33.8 Å². The van der Waals surface area contributed by atoms with E-state index in [9.17, 15) is 0 Å². The average molecular weight is 291 g/mol. The van der Waals surface area contributed by atoms with E-state index in [0.717, 1.165) is 38.3 Å². The van der Waals surface area contributed by atoms with Gasteiger partial charge in [0.05, 0.1) is 6.61 Å². The van der Waals surface area contributed by atoms with Crippen LogP contribution in [-0.2, 0) is 11.3 Å². The largest absolute Gasteiger partial charge is 0.383 e. The van der Waals surface area contributed by atoms with Crippen molar-refractivity contribution >= 4 is 23.2 Å². The number of nitrogens with one attached hydrogen (secondary N) is 1. The van der Waals surface area contributed by atoms with Gasteiger partial charge in [0.2, 0.25) is 0 Å². The molecule has 0 aliphatic heterocycles. The maximum atomic E-state index is 5.94. The van der Waals surface area contributed by atoms with Gasteiger partial charge in [0.15, 0.2) is 0 Å². The number of hydrogen-bond donors (Lipinski definition) is 1. The summed E-state index contributed by atoms with van der Waals surface area (Å²) in [6.07, 6.45) is 0. The SMILES string of the molecule is COCCN(C)CCNCc1cc(Cl)cc(Cl)c1. The molecule has 0 unspecified atom stereocenters. The third-order valence-corrected chi connectivity index (χ3v) is 3.04. The van der Waals surface area contributed by atoms with Crippen LogP contribution in [0.5, 0.6) is 0 Å². The number of rotatable bonds is 8. The van der Waals surface area contributed by atoms with Crippen molar-refractivity contribution in [3.8, 4) is 0 Å². The molecule has 0 aliphatic carbocycles. The van der Waals surface area contributed by atoms with Crippen LogP contribution < -0.4 is 5.32 Å². The van der Waals surface area contributed by atoms with Crippen molar-refractivity contribution in [2.75, 3.05) is 40.4 Å². The minimum Gasteiger partial charge on any atom is -0.383 e. The summed E-state index contributed by atoms with van der Waals surface area (Å²) in [5, 5.41) is 4.72. The summed E-state index contributed by atoms with van der Waals surface area (Å²) in [4.78, 5) is 2.22. The first kappa shape index (κ1) is 15.7. The van der Waals surface area contributed by atoms with Gasteiger partial charge in [0.25, 0.3) is 0 Å². The molecule has 0 aromatic heterocycles. The van der Waals surface area contributed by atoms with E-state index in [-0.39, 0.29) is 0 Å². The molecule has 5 heteroatoms. The molecule has 0 radical (unpaired) electrons. The van der Waals surface area contributed by atoms with Crippen molar-refractivity contribution in [1.82, 2.24) is 10.2 Å². The first-order valence-corrected chi connectivity index (χ1v) is 6.70. The molecular formula is C13H20Cl2N2O. The Hall–Kier alpha value is -0.320. The number of benzene rings is 1. The highest BCUT2D eigenvalue weighted by molar-refractivity contribution is 6.34. The Kier molecular flexibility index (Phi) is 7.63. The van der Waals surface area contributed by atoms with Crippen LogP contribution in [-0.4, -0.2) is 45.3 Å². The maximum absolute atomic E-state index is 5.94. The fraction of sp³-hybridized carbons (Fsp3) is 0.538. The van der Waals surface area contributed by atoms with Crippen LogP contribution in [0.3, 0.4) is 0 Å². The molecule has 0 saturated heterocycles. The van der Waals surface area contributed by atoms with E-state index < -0.39 is 0 Å². The highest BCUT2D eigenvalue weighted by Crippen LogP contribution is 2.18. The minimum absolute atomic E-state index is 0.677. The van der Waals surface area contributed by atoms with Crippen LogP contribution in [0.2, 0.25) is 10.0 Å². The Morgan fingerprint density at radius 3 is 2.44 bits per heavy atom. The third-order valence-electron chi connectivity index (χ3n) is 2.60. The molecule has 0 atom stereocenters. The quantitative estimate of drug-likeness (QED) is 0.745. The van der Waals surface area contributed by atoms with Crippen LogP contribution in [0.4, 0.5) is 0 Å². The number of likely N-dealkylation sites (N-methyl/N-ethyl adjacent to an activating group) is 1. The van der Waals surface area contributed by atoms with E-state index in [1.54, 1.807) is 13.2 Å². The molecular weight excluding hydrogens is 271 g/mol. The number of methoxy groups -OCH3 is 1. The van der Waals surface area contributed by atoms with Crippen molar-refractivity contribution in [2.45, 2.75) is 6.54 Å². The standard InChI is InChI=1S/C13H20Cl2N2O/c1-17(5-6-18-2)4-3-16-10-11-7-12(14)9-13(15)8-11/h7-9,16H,3-6,10H2,1-2H3. The average Bonchev–Trinajstić information content (AvgIpc) is 2.31. The summed E-state index contributed by atoms with van der Waals surface area (Å²) in [5.74, 6) is 0. The lowest BCUT2D eigenvalue weighted by atomic mass is 10.2. The Labute approximate surface area is 119 Å². The second kappa shape index (κ2) is 8.73. The van der Waals surface area contributed by atoms with Gasteiger partial charge in [-0.05, 0) is 30.8 Å². The van der Waals surface area contributed by atoms with Gasteiger partial charge in [-0.1, -0.05) is 23.2 Å². The highest BCUT2D eigenvalue weighted by atomic mass is 35.5. The van der Waals surface area contributed by atoms with E-state index in [2.05, 4.69) is 17.3 Å². The normalized spacial score (nSPS) is 11.2. The van der Waals surface area contributed by atoms with Crippen LogP contribution in [0.25, 0.3) is 0 Å². The van der Waals surface area contributed by atoms with Gasteiger partial charge < -0.3 is 15.0 Å². The molecule has 0 bridgehead atoms. The number of nitrogens with zero attached hydrogens (tertiary/aromatic N) is 1. The van der Waals surface area contributed by atoms with Crippen LogP contribution in [0.1, 0.15) is 5.56 Å². The molecule has 102 valence electrons. The summed E-state index contributed by atoms with van der Waals surface area (Å²) < 4.78 is 5.02. The van der Waals surface area contributed by atoms with E-state index in [1.165, 1.54) is 0 Å². The predicted molar refractivity (Wildman–Crippen MR) is 77.5 cm³/mol. The molecule has 1 rings (SSSR count). The van der Waals surface area contributed by atoms with E-state index >= 15 is 0 Å².